The third-order valence-electron chi connectivity index (χ3n) is 8.86. The Bertz CT molecular complexity index is 794. The fraction of sp³-hybridized carbons (Fsp3) is 0.720. The molecular weight excluding hydrogens is 378 g/mol. The Morgan fingerprint density at radius 3 is 2.70 bits per heavy atom. The van der Waals surface area contributed by atoms with E-state index in [-0.39, 0.29) is 41.0 Å². The molecule has 5 rings (SSSR count). The first-order valence-corrected chi connectivity index (χ1v) is 11.6. The first-order chi connectivity index (χ1) is 14.3. The fourth-order valence-electron chi connectivity index (χ4n) is 6.81. The van der Waals surface area contributed by atoms with Gasteiger partial charge in [-0.25, -0.2) is 0 Å². The Hall–Kier alpha value is -1.43. The Balaban J connectivity index is 1.30. The van der Waals surface area contributed by atoms with Crippen LogP contribution in [0, 0.1) is 23.2 Å². The third kappa shape index (κ3) is 3.30. The number of rotatable bonds is 5. The van der Waals surface area contributed by atoms with E-state index in [2.05, 4.69) is 11.8 Å². The van der Waals surface area contributed by atoms with Gasteiger partial charge < -0.3 is 14.6 Å². The van der Waals surface area contributed by atoms with E-state index < -0.39 is 6.10 Å². The van der Waals surface area contributed by atoms with Crippen molar-refractivity contribution < 1.29 is 19.4 Å². The van der Waals surface area contributed by atoms with Crippen LogP contribution in [-0.2, 0) is 14.3 Å². The lowest BCUT2D eigenvalue weighted by atomic mass is 9.53. The van der Waals surface area contributed by atoms with E-state index in [0.717, 1.165) is 25.0 Å². The van der Waals surface area contributed by atoms with Gasteiger partial charge in [0.2, 0.25) is 0 Å². The van der Waals surface area contributed by atoms with Crippen molar-refractivity contribution in [2.75, 3.05) is 20.2 Å². The number of likely N-dealkylation sites (N-methyl/N-ethyl adjacent to an activating group) is 1. The summed E-state index contributed by atoms with van der Waals surface area (Å²) in [5.74, 6) is 0.631. The molecule has 4 aliphatic rings. The molecule has 5 heteroatoms. The summed E-state index contributed by atoms with van der Waals surface area (Å²) in [5.41, 5.74) is 1.22. The van der Waals surface area contributed by atoms with Gasteiger partial charge in [-0.3, -0.25) is 9.69 Å². The topological polar surface area (TPSA) is 62.3 Å². The Morgan fingerprint density at radius 1 is 1.27 bits per heavy atom. The maximum atomic E-state index is 12.9. The minimum atomic E-state index is -0.583. The second-order valence-corrected chi connectivity index (χ2v) is 10.6. The molecule has 8 atom stereocenters. The molecule has 2 heterocycles. The van der Waals surface area contributed by atoms with Gasteiger partial charge in [0.1, 0.15) is 6.10 Å². The van der Waals surface area contributed by atoms with E-state index in [1.807, 2.05) is 44.3 Å². The molecule has 0 bridgehead atoms. The molecule has 1 spiro atoms. The molecule has 164 valence electrons. The van der Waals surface area contributed by atoms with Gasteiger partial charge in [-0.1, -0.05) is 37.3 Å². The number of aliphatic hydroxyl groups excluding tert-OH is 1. The number of hydrogen-bond acceptors (Lipinski definition) is 5. The molecule has 2 aliphatic heterocycles. The SMILES string of the molecule is C[C@@H]([C@@H](O)c1ccccc1)N(C)C[C@@H]1C(=O)O[C@@H]2C[C@@]3(C)CCC[C@]4(CO4)[C@@H]3C[C@H]12. The lowest BCUT2D eigenvalue weighted by Crippen LogP contribution is -2.51. The summed E-state index contributed by atoms with van der Waals surface area (Å²) in [7, 11) is 2.01. The van der Waals surface area contributed by atoms with E-state index in [1.165, 1.54) is 19.3 Å². The minimum Gasteiger partial charge on any atom is -0.462 e. The first-order valence-electron chi connectivity index (χ1n) is 11.6. The van der Waals surface area contributed by atoms with Crippen molar-refractivity contribution >= 4 is 5.97 Å². The maximum Gasteiger partial charge on any atom is 0.310 e. The van der Waals surface area contributed by atoms with Crippen molar-refractivity contribution in [3.8, 4) is 0 Å². The van der Waals surface area contributed by atoms with Crippen LogP contribution in [0.15, 0.2) is 30.3 Å². The normalized spacial score (nSPS) is 41.8. The molecule has 1 N–H and O–H groups in total. The van der Waals surface area contributed by atoms with Gasteiger partial charge in [-0.15, -0.1) is 0 Å². The summed E-state index contributed by atoms with van der Waals surface area (Å²) >= 11 is 0. The number of hydrogen-bond donors (Lipinski definition) is 1. The lowest BCUT2D eigenvalue weighted by Gasteiger charge is -2.51. The van der Waals surface area contributed by atoms with Gasteiger partial charge in [0.05, 0.1) is 24.2 Å². The molecule has 2 saturated heterocycles. The highest BCUT2D eigenvalue weighted by molar-refractivity contribution is 5.75. The van der Waals surface area contributed by atoms with E-state index in [9.17, 15) is 9.90 Å². The van der Waals surface area contributed by atoms with E-state index >= 15 is 0 Å². The minimum absolute atomic E-state index is 0.0420. The zero-order valence-corrected chi connectivity index (χ0v) is 18.4. The summed E-state index contributed by atoms with van der Waals surface area (Å²) in [5, 5.41) is 10.8. The number of nitrogens with zero attached hydrogens (tertiary/aromatic N) is 1. The molecule has 1 aromatic carbocycles. The van der Waals surface area contributed by atoms with Crippen LogP contribution in [0.3, 0.4) is 0 Å². The van der Waals surface area contributed by atoms with E-state index in [0.29, 0.717) is 12.5 Å². The number of esters is 1. The number of ether oxygens (including phenoxy) is 2. The standard InChI is InChI=1S/C25H35NO4/c1-16(22(27)17-8-5-4-6-9-17)26(3)14-19-18-12-21-24(2,13-20(18)30-23(19)28)10-7-11-25(21)15-29-25/h4-6,8-9,16,18-22,27H,7,10-15H2,1-3H3/t16-,18+,19-,20+,21+,22+,24+,25-/m0/s1. The monoisotopic (exact) mass is 413 g/mol. The summed E-state index contributed by atoms with van der Waals surface area (Å²) in [6, 6.07) is 9.68. The van der Waals surface area contributed by atoms with Crippen molar-refractivity contribution in [3.63, 3.8) is 0 Å². The van der Waals surface area contributed by atoms with Gasteiger partial charge in [-0.05, 0) is 63.0 Å². The molecule has 0 radical (unpaired) electrons. The number of epoxide rings is 1. The van der Waals surface area contributed by atoms with E-state index in [1.54, 1.807) is 0 Å². The highest BCUT2D eigenvalue weighted by Gasteiger charge is 2.65. The largest absolute Gasteiger partial charge is 0.462 e. The number of fused-ring (bicyclic) bond motifs is 3. The molecule has 4 fully saturated rings. The second kappa shape index (κ2) is 7.32. The van der Waals surface area contributed by atoms with Crippen LogP contribution >= 0.6 is 0 Å². The average Bonchev–Trinajstić information content (AvgIpc) is 3.44. The van der Waals surface area contributed by atoms with Gasteiger partial charge >= 0.3 is 5.97 Å². The van der Waals surface area contributed by atoms with Crippen LogP contribution in [0.4, 0.5) is 0 Å². The summed E-state index contributed by atoms with van der Waals surface area (Å²) < 4.78 is 12.0. The summed E-state index contributed by atoms with van der Waals surface area (Å²) in [6.45, 7) is 5.94. The predicted molar refractivity (Wildman–Crippen MR) is 114 cm³/mol. The quantitative estimate of drug-likeness (QED) is 0.591. The number of aliphatic hydroxyl groups is 1. The van der Waals surface area contributed by atoms with Crippen LogP contribution in [0.25, 0.3) is 0 Å². The number of carbonyl (C=O) groups excluding carboxylic acids is 1. The summed E-state index contributed by atoms with van der Waals surface area (Å²) in [4.78, 5) is 15.0. The molecule has 0 aromatic heterocycles. The molecule has 0 unspecified atom stereocenters. The van der Waals surface area contributed by atoms with Crippen LogP contribution in [0.5, 0.6) is 0 Å². The maximum absolute atomic E-state index is 12.9. The second-order valence-electron chi connectivity index (χ2n) is 10.6. The van der Waals surface area contributed by atoms with Gasteiger partial charge in [-0.2, -0.15) is 0 Å². The van der Waals surface area contributed by atoms with Crippen LogP contribution in [-0.4, -0.2) is 53.9 Å². The van der Waals surface area contributed by atoms with Crippen molar-refractivity contribution in [2.24, 2.45) is 23.2 Å². The summed E-state index contributed by atoms with van der Waals surface area (Å²) in [6.07, 6.45) is 5.07. The molecular formula is C25H35NO4. The first kappa shape index (κ1) is 20.5. The third-order valence-corrected chi connectivity index (χ3v) is 8.86. The smallest absolute Gasteiger partial charge is 0.310 e. The number of carbonyl (C=O) groups is 1. The Labute approximate surface area is 179 Å². The lowest BCUT2D eigenvalue weighted by molar-refractivity contribution is -0.147. The molecule has 2 saturated carbocycles. The zero-order valence-electron chi connectivity index (χ0n) is 18.4. The van der Waals surface area contributed by atoms with Gasteiger partial charge in [0.15, 0.2) is 0 Å². The van der Waals surface area contributed by atoms with Crippen molar-refractivity contribution in [3.05, 3.63) is 35.9 Å². The average molecular weight is 414 g/mol. The van der Waals surface area contributed by atoms with Crippen LogP contribution in [0.1, 0.15) is 57.6 Å². The molecule has 0 amide bonds. The van der Waals surface area contributed by atoms with Crippen LogP contribution < -0.4 is 0 Å². The van der Waals surface area contributed by atoms with E-state index in [4.69, 9.17) is 9.47 Å². The molecule has 2 aliphatic carbocycles. The van der Waals surface area contributed by atoms with Crippen molar-refractivity contribution in [1.82, 2.24) is 4.90 Å². The van der Waals surface area contributed by atoms with Gasteiger partial charge in [0.25, 0.3) is 0 Å². The van der Waals surface area contributed by atoms with Crippen molar-refractivity contribution in [2.45, 2.75) is 69.8 Å². The van der Waals surface area contributed by atoms with Crippen LogP contribution in [0.2, 0.25) is 0 Å². The highest BCUT2D eigenvalue weighted by Crippen LogP contribution is 2.62. The Morgan fingerprint density at radius 2 is 2.00 bits per heavy atom. The highest BCUT2D eigenvalue weighted by atomic mass is 16.6. The molecule has 5 nitrogen and oxygen atoms in total. The molecule has 1 aromatic rings. The number of benzene rings is 1. The van der Waals surface area contributed by atoms with Crippen molar-refractivity contribution in [1.29, 1.82) is 0 Å². The predicted octanol–water partition coefficient (Wildman–Crippen LogP) is 3.57. The Kier molecular flexibility index (Phi) is 4.99. The fourth-order valence-corrected chi connectivity index (χ4v) is 6.81. The zero-order chi connectivity index (χ0) is 21.1. The molecule has 30 heavy (non-hydrogen) atoms. The van der Waals surface area contributed by atoms with Gasteiger partial charge in [0, 0.05) is 18.5 Å².